The number of halogens is 1. The molecule has 0 fully saturated rings. The molecule has 0 saturated heterocycles. The molecule has 0 radical (unpaired) electrons. The van der Waals surface area contributed by atoms with Crippen molar-refractivity contribution in [1.29, 1.82) is 0 Å². The Morgan fingerprint density at radius 2 is 1.95 bits per heavy atom. The first-order chi connectivity index (χ1) is 10.1. The molecule has 0 aliphatic heterocycles. The van der Waals surface area contributed by atoms with E-state index in [1.807, 2.05) is 0 Å². The summed E-state index contributed by atoms with van der Waals surface area (Å²) in [6.45, 7) is 0. The molecule has 2 aromatic heterocycles. The molecule has 21 heavy (non-hydrogen) atoms. The molecule has 0 unspecified atom stereocenters. The molecule has 2 N–H and O–H groups in total. The highest BCUT2D eigenvalue weighted by molar-refractivity contribution is 6.30. The summed E-state index contributed by atoms with van der Waals surface area (Å²) in [7, 11) is 0. The minimum Gasteiger partial charge on any atom is -0.504 e. The van der Waals surface area contributed by atoms with Gasteiger partial charge >= 0.3 is 5.97 Å². The number of benzene rings is 1. The van der Waals surface area contributed by atoms with Crippen molar-refractivity contribution in [3.05, 3.63) is 53.3 Å². The summed E-state index contributed by atoms with van der Waals surface area (Å²) in [6, 6.07) is 10.1. The average Bonchev–Trinajstić information content (AvgIpc) is 2.80. The highest BCUT2D eigenvalue weighted by atomic mass is 35.5. The second-order valence-corrected chi connectivity index (χ2v) is 5.01. The van der Waals surface area contributed by atoms with E-state index in [1.54, 1.807) is 40.9 Å². The standard InChI is InChI=1S/C15H11ClN2O3/c16-10-5-3-9(4-6-10)14-11(8-13(20)21)18-7-1-2-12(19)15(18)17-14/h1-7,19H,8H2,(H,20,21). The molecule has 6 heteroatoms. The summed E-state index contributed by atoms with van der Waals surface area (Å²) in [5.74, 6) is -0.959. The molecule has 1 aromatic carbocycles. The van der Waals surface area contributed by atoms with Crippen LogP contribution in [0.3, 0.4) is 0 Å². The van der Waals surface area contributed by atoms with Crippen LogP contribution in [0.4, 0.5) is 0 Å². The number of hydrogen-bond acceptors (Lipinski definition) is 3. The van der Waals surface area contributed by atoms with E-state index in [0.717, 1.165) is 5.56 Å². The van der Waals surface area contributed by atoms with Gasteiger partial charge in [-0.1, -0.05) is 23.7 Å². The number of aromatic nitrogens is 2. The van der Waals surface area contributed by atoms with E-state index in [4.69, 9.17) is 16.7 Å². The molecule has 0 atom stereocenters. The lowest BCUT2D eigenvalue weighted by Gasteiger charge is -2.03. The quantitative estimate of drug-likeness (QED) is 0.780. The van der Waals surface area contributed by atoms with Crippen molar-refractivity contribution < 1.29 is 15.0 Å². The number of nitrogens with zero attached hydrogens (tertiary/aromatic N) is 2. The lowest BCUT2D eigenvalue weighted by Crippen LogP contribution is -2.04. The fourth-order valence-corrected chi connectivity index (χ4v) is 2.38. The molecular formula is C15H11ClN2O3. The molecule has 0 aliphatic rings. The van der Waals surface area contributed by atoms with Crippen molar-refractivity contribution >= 4 is 23.2 Å². The Balaban J connectivity index is 2.27. The van der Waals surface area contributed by atoms with Crippen LogP contribution in [0.25, 0.3) is 16.9 Å². The first-order valence-corrected chi connectivity index (χ1v) is 6.60. The van der Waals surface area contributed by atoms with Gasteiger partial charge in [0.25, 0.3) is 0 Å². The Bertz CT molecular complexity index is 825. The van der Waals surface area contributed by atoms with Gasteiger partial charge in [0.1, 0.15) is 0 Å². The van der Waals surface area contributed by atoms with Gasteiger partial charge in [0.05, 0.1) is 17.8 Å². The van der Waals surface area contributed by atoms with Crippen molar-refractivity contribution in [2.24, 2.45) is 0 Å². The van der Waals surface area contributed by atoms with Crippen molar-refractivity contribution in [2.75, 3.05) is 0 Å². The van der Waals surface area contributed by atoms with Crippen LogP contribution in [-0.2, 0) is 11.2 Å². The second kappa shape index (κ2) is 5.10. The average molecular weight is 303 g/mol. The summed E-state index contributed by atoms with van der Waals surface area (Å²) in [5, 5.41) is 19.6. The Morgan fingerprint density at radius 1 is 1.24 bits per heavy atom. The number of carboxylic acids is 1. The van der Waals surface area contributed by atoms with E-state index in [1.165, 1.54) is 6.07 Å². The lowest BCUT2D eigenvalue weighted by atomic mass is 10.1. The van der Waals surface area contributed by atoms with Crippen LogP contribution in [0.15, 0.2) is 42.6 Å². The number of carboxylic acid groups (broad SMARTS) is 1. The summed E-state index contributed by atoms with van der Waals surface area (Å²) in [5.41, 5.74) is 2.11. The Labute approximate surface area is 125 Å². The first-order valence-electron chi connectivity index (χ1n) is 6.23. The Kier molecular flexibility index (Phi) is 3.27. The molecule has 106 valence electrons. The molecule has 5 nitrogen and oxygen atoms in total. The number of hydrogen-bond donors (Lipinski definition) is 2. The highest BCUT2D eigenvalue weighted by Gasteiger charge is 2.18. The zero-order valence-corrected chi connectivity index (χ0v) is 11.6. The second-order valence-electron chi connectivity index (χ2n) is 4.57. The van der Waals surface area contributed by atoms with E-state index in [-0.39, 0.29) is 12.2 Å². The molecule has 3 rings (SSSR count). The number of rotatable bonds is 3. The van der Waals surface area contributed by atoms with E-state index >= 15 is 0 Å². The van der Waals surface area contributed by atoms with Crippen LogP contribution < -0.4 is 0 Å². The molecule has 2 heterocycles. The maximum Gasteiger partial charge on any atom is 0.309 e. The zero-order valence-electron chi connectivity index (χ0n) is 10.8. The van der Waals surface area contributed by atoms with E-state index in [0.29, 0.717) is 22.1 Å². The van der Waals surface area contributed by atoms with Crippen LogP contribution in [0.1, 0.15) is 5.69 Å². The highest BCUT2D eigenvalue weighted by Crippen LogP contribution is 2.29. The van der Waals surface area contributed by atoms with Gasteiger partial charge < -0.3 is 10.2 Å². The van der Waals surface area contributed by atoms with Crippen molar-refractivity contribution in [1.82, 2.24) is 9.38 Å². The summed E-state index contributed by atoms with van der Waals surface area (Å²) in [6.07, 6.45) is 1.49. The van der Waals surface area contributed by atoms with Crippen LogP contribution in [0, 0.1) is 0 Å². The largest absolute Gasteiger partial charge is 0.504 e. The van der Waals surface area contributed by atoms with Gasteiger partial charge in [-0.25, -0.2) is 4.98 Å². The zero-order chi connectivity index (χ0) is 15.0. The normalized spacial score (nSPS) is 10.9. The molecule has 3 aromatic rings. The maximum atomic E-state index is 11.1. The van der Waals surface area contributed by atoms with Crippen molar-refractivity contribution in [3.63, 3.8) is 0 Å². The molecule has 0 bridgehead atoms. The molecule has 0 spiro atoms. The lowest BCUT2D eigenvalue weighted by molar-refractivity contribution is -0.136. The maximum absolute atomic E-state index is 11.1. The van der Waals surface area contributed by atoms with E-state index in [9.17, 15) is 9.90 Å². The third-order valence-electron chi connectivity index (χ3n) is 3.16. The number of aromatic hydroxyl groups is 1. The van der Waals surface area contributed by atoms with Crippen LogP contribution in [-0.4, -0.2) is 25.6 Å². The number of imidazole rings is 1. The Morgan fingerprint density at radius 3 is 2.62 bits per heavy atom. The minimum atomic E-state index is -0.963. The van der Waals surface area contributed by atoms with Gasteiger partial charge in [-0.3, -0.25) is 9.20 Å². The fraction of sp³-hybridized carbons (Fsp3) is 0.0667. The van der Waals surface area contributed by atoms with Gasteiger partial charge in [0, 0.05) is 16.8 Å². The summed E-state index contributed by atoms with van der Waals surface area (Å²) in [4.78, 5) is 15.5. The van der Waals surface area contributed by atoms with Crippen LogP contribution >= 0.6 is 11.6 Å². The van der Waals surface area contributed by atoms with Crippen molar-refractivity contribution in [2.45, 2.75) is 6.42 Å². The Hall–Kier alpha value is -2.53. The minimum absolute atomic E-state index is 0.00403. The molecular weight excluding hydrogens is 292 g/mol. The number of aliphatic carboxylic acids is 1. The summed E-state index contributed by atoms with van der Waals surface area (Å²) >= 11 is 5.87. The van der Waals surface area contributed by atoms with E-state index in [2.05, 4.69) is 4.98 Å². The predicted octanol–water partition coefficient (Wildman–Crippen LogP) is 2.99. The predicted molar refractivity (Wildman–Crippen MR) is 78.6 cm³/mol. The SMILES string of the molecule is O=C(O)Cc1c(-c2ccc(Cl)cc2)nc2c(O)cccn12. The van der Waals surface area contributed by atoms with Crippen LogP contribution in [0.5, 0.6) is 5.75 Å². The van der Waals surface area contributed by atoms with Crippen LogP contribution in [0.2, 0.25) is 5.02 Å². The van der Waals surface area contributed by atoms with Gasteiger partial charge in [-0.2, -0.15) is 0 Å². The van der Waals surface area contributed by atoms with Gasteiger partial charge in [-0.15, -0.1) is 0 Å². The van der Waals surface area contributed by atoms with Crippen molar-refractivity contribution in [3.8, 4) is 17.0 Å². The molecule has 0 aliphatic carbocycles. The first kappa shape index (κ1) is 13.5. The fourth-order valence-electron chi connectivity index (χ4n) is 2.25. The molecule has 0 saturated carbocycles. The third kappa shape index (κ3) is 2.43. The van der Waals surface area contributed by atoms with Gasteiger partial charge in [0.15, 0.2) is 11.4 Å². The van der Waals surface area contributed by atoms with E-state index < -0.39 is 5.97 Å². The number of pyridine rings is 1. The third-order valence-corrected chi connectivity index (χ3v) is 3.42. The summed E-state index contributed by atoms with van der Waals surface area (Å²) < 4.78 is 1.59. The van der Waals surface area contributed by atoms with Gasteiger partial charge in [0.2, 0.25) is 0 Å². The monoisotopic (exact) mass is 302 g/mol. The topological polar surface area (TPSA) is 74.8 Å². The van der Waals surface area contributed by atoms with Gasteiger partial charge in [-0.05, 0) is 24.3 Å². The smallest absolute Gasteiger partial charge is 0.309 e. The number of fused-ring (bicyclic) bond motifs is 1. The number of carbonyl (C=O) groups is 1. The molecule has 0 amide bonds.